The first-order valence-electron chi connectivity index (χ1n) is 4.01. The predicted molar refractivity (Wildman–Crippen MR) is 44.1 cm³/mol. The van der Waals surface area contributed by atoms with Crippen molar-refractivity contribution in [3.63, 3.8) is 0 Å². The van der Waals surface area contributed by atoms with E-state index in [1.165, 1.54) is 0 Å². The molecule has 0 unspecified atom stereocenters. The van der Waals surface area contributed by atoms with Crippen LogP contribution < -0.4 is 0 Å². The van der Waals surface area contributed by atoms with Gasteiger partial charge in [-0.25, -0.2) is 4.68 Å². The molecule has 0 bridgehead atoms. The Labute approximate surface area is 75.5 Å². The Hall–Kier alpha value is -0.610. The number of aromatic nitrogens is 3. The zero-order valence-electron chi connectivity index (χ0n) is 6.61. The first-order chi connectivity index (χ1) is 5.88. The van der Waals surface area contributed by atoms with E-state index >= 15 is 0 Å². The van der Waals surface area contributed by atoms with E-state index in [9.17, 15) is 0 Å². The first kappa shape index (κ1) is 8.01. The Morgan fingerprint density at radius 2 is 2.25 bits per heavy atom. The molecule has 1 aliphatic heterocycles. The van der Waals surface area contributed by atoms with Gasteiger partial charge < -0.3 is 4.74 Å². The quantitative estimate of drug-likeness (QED) is 0.665. The molecule has 1 aliphatic rings. The third kappa shape index (κ3) is 1.44. The standard InChI is InChI=1S/C7H10ClN3O/c8-7-5-9-10-11(7)6-1-3-12-4-2-6/h5-6H,1-4H2. The molecule has 0 saturated carbocycles. The van der Waals surface area contributed by atoms with Crippen molar-refractivity contribution in [2.24, 2.45) is 0 Å². The summed E-state index contributed by atoms with van der Waals surface area (Å²) < 4.78 is 7.00. The van der Waals surface area contributed by atoms with E-state index < -0.39 is 0 Å². The Bertz CT molecular complexity index is 257. The molecule has 0 atom stereocenters. The van der Waals surface area contributed by atoms with E-state index in [1.807, 2.05) is 0 Å². The molecule has 0 N–H and O–H groups in total. The summed E-state index contributed by atoms with van der Waals surface area (Å²) in [5, 5.41) is 8.27. The van der Waals surface area contributed by atoms with Gasteiger partial charge in [0.05, 0.1) is 12.2 Å². The summed E-state index contributed by atoms with van der Waals surface area (Å²) in [7, 11) is 0. The van der Waals surface area contributed by atoms with Gasteiger partial charge in [0.25, 0.3) is 0 Å². The van der Waals surface area contributed by atoms with E-state index in [2.05, 4.69) is 10.3 Å². The second kappa shape index (κ2) is 3.41. The molecule has 5 heteroatoms. The SMILES string of the molecule is Clc1cnnn1C1CCOCC1. The van der Waals surface area contributed by atoms with Crippen molar-refractivity contribution in [1.82, 2.24) is 15.0 Å². The molecule has 0 radical (unpaired) electrons. The number of rotatable bonds is 1. The second-order valence-corrected chi connectivity index (χ2v) is 3.23. The topological polar surface area (TPSA) is 39.9 Å². The fourth-order valence-electron chi connectivity index (χ4n) is 1.41. The Balaban J connectivity index is 2.13. The average Bonchev–Trinajstić information content (AvgIpc) is 2.53. The van der Waals surface area contributed by atoms with Crippen LogP contribution in [0.3, 0.4) is 0 Å². The molecular formula is C7H10ClN3O. The lowest BCUT2D eigenvalue weighted by molar-refractivity contribution is 0.0658. The highest BCUT2D eigenvalue weighted by molar-refractivity contribution is 6.29. The van der Waals surface area contributed by atoms with Crippen LogP contribution in [0.4, 0.5) is 0 Å². The van der Waals surface area contributed by atoms with Crippen molar-refractivity contribution in [1.29, 1.82) is 0 Å². The predicted octanol–water partition coefficient (Wildman–Crippen LogP) is 1.28. The molecule has 1 fully saturated rings. The van der Waals surface area contributed by atoms with Crippen molar-refractivity contribution < 1.29 is 4.74 Å². The largest absolute Gasteiger partial charge is 0.381 e. The molecule has 2 heterocycles. The van der Waals surface area contributed by atoms with Gasteiger partial charge in [0, 0.05) is 13.2 Å². The maximum absolute atomic E-state index is 5.87. The fourth-order valence-corrected chi connectivity index (χ4v) is 1.62. The zero-order chi connectivity index (χ0) is 8.39. The van der Waals surface area contributed by atoms with E-state index in [1.54, 1.807) is 10.9 Å². The molecular weight excluding hydrogens is 178 g/mol. The molecule has 0 aromatic carbocycles. The Kier molecular flexibility index (Phi) is 2.28. The maximum atomic E-state index is 5.87. The van der Waals surface area contributed by atoms with Crippen LogP contribution in [-0.2, 0) is 4.74 Å². The minimum absolute atomic E-state index is 0.369. The minimum atomic E-state index is 0.369. The Morgan fingerprint density at radius 3 is 2.83 bits per heavy atom. The van der Waals surface area contributed by atoms with E-state index in [4.69, 9.17) is 16.3 Å². The molecule has 0 amide bonds. The Morgan fingerprint density at radius 1 is 1.50 bits per heavy atom. The third-order valence-electron chi connectivity index (χ3n) is 2.07. The van der Waals surface area contributed by atoms with Crippen LogP contribution in [0.15, 0.2) is 6.20 Å². The van der Waals surface area contributed by atoms with Crippen LogP contribution in [0.1, 0.15) is 18.9 Å². The van der Waals surface area contributed by atoms with Gasteiger partial charge in [-0.15, -0.1) is 5.10 Å². The highest BCUT2D eigenvalue weighted by atomic mass is 35.5. The summed E-state index contributed by atoms with van der Waals surface area (Å²) in [6.07, 6.45) is 3.52. The fraction of sp³-hybridized carbons (Fsp3) is 0.714. The van der Waals surface area contributed by atoms with Crippen molar-refractivity contribution in [3.8, 4) is 0 Å². The van der Waals surface area contributed by atoms with Gasteiger partial charge in [-0.05, 0) is 12.8 Å². The highest BCUT2D eigenvalue weighted by Gasteiger charge is 2.18. The van der Waals surface area contributed by atoms with Gasteiger partial charge in [0.15, 0.2) is 0 Å². The molecule has 1 aromatic rings. The summed E-state index contributed by atoms with van der Waals surface area (Å²) >= 11 is 5.87. The van der Waals surface area contributed by atoms with Crippen molar-refractivity contribution >= 4 is 11.6 Å². The van der Waals surface area contributed by atoms with Crippen molar-refractivity contribution in [3.05, 3.63) is 11.3 Å². The summed E-state index contributed by atoms with van der Waals surface area (Å²) in [4.78, 5) is 0. The number of hydrogen-bond acceptors (Lipinski definition) is 3. The monoisotopic (exact) mass is 187 g/mol. The maximum Gasteiger partial charge on any atom is 0.147 e. The molecule has 0 spiro atoms. The second-order valence-electron chi connectivity index (χ2n) is 2.84. The first-order valence-corrected chi connectivity index (χ1v) is 4.39. The molecule has 0 aliphatic carbocycles. The van der Waals surface area contributed by atoms with Crippen LogP contribution in [0.5, 0.6) is 0 Å². The summed E-state index contributed by atoms with van der Waals surface area (Å²) in [6, 6.07) is 0.369. The van der Waals surface area contributed by atoms with Gasteiger partial charge in [-0.2, -0.15) is 0 Å². The summed E-state index contributed by atoms with van der Waals surface area (Å²) in [5.74, 6) is 0. The normalized spacial score (nSPS) is 19.8. The van der Waals surface area contributed by atoms with Crippen LogP contribution in [0.2, 0.25) is 5.15 Å². The van der Waals surface area contributed by atoms with Crippen molar-refractivity contribution in [2.75, 3.05) is 13.2 Å². The number of halogens is 1. The van der Waals surface area contributed by atoms with Crippen LogP contribution in [-0.4, -0.2) is 28.2 Å². The van der Waals surface area contributed by atoms with E-state index in [0.717, 1.165) is 26.1 Å². The smallest absolute Gasteiger partial charge is 0.147 e. The lowest BCUT2D eigenvalue weighted by atomic mass is 10.1. The minimum Gasteiger partial charge on any atom is -0.381 e. The molecule has 2 rings (SSSR count). The zero-order valence-corrected chi connectivity index (χ0v) is 7.37. The number of hydrogen-bond donors (Lipinski definition) is 0. The average molecular weight is 188 g/mol. The molecule has 1 saturated heterocycles. The molecule has 4 nitrogen and oxygen atoms in total. The summed E-state index contributed by atoms with van der Waals surface area (Å²) in [5.41, 5.74) is 0. The number of nitrogens with zero attached hydrogens (tertiary/aromatic N) is 3. The van der Waals surface area contributed by atoms with Gasteiger partial charge in [0.1, 0.15) is 5.15 Å². The van der Waals surface area contributed by atoms with Crippen LogP contribution >= 0.6 is 11.6 Å². The van der Waals surface area contributed by atoms with Gasteiger partial charge in [-0.1, -0.05) is 16.8 Å². The molecule has 66 valence electrons. The highest BCUT2D eigenvalue weighted by Crippen LogP contribution is 2.22. The number of ether oxygens (including phenoxy) is 1. The molecule has 12 heavy (non-hydrogen) atoms. The van der Waals surface area contributed by atoms with Crippen LogP contribution in [0.25, 0.3) is 0 Å². The van der Waals surface area contributed by atoms with Gasteiger partial charge >= 0.3 is 0 Å². The summed E-state index contributed by atoms with van der Waals surface area (Å²) in [6.45, 7) is 1.59. The molecule has 1 aromatic heterocycles. The van der Waals surface area contributed by atoms with Gasteiger partial charge in [0.2, 0.25) is 0 Å². The lowest BCUT2D eigenvalue weighted by Crippen LogP contribution is -2.20. The van der Waals surface area contributed by atoms with Gasteiger partial charge in [-0.3, -0.25) is 0 Å². The lowest BCUT2D eigenvalue weighted by Gasteiger charge is -2.22. The van der Waals surface area contributed by atoms with E-state index in [-0.39, 0.29) is 0 Å². The third-order valence-corrected chi connectivity index (χ3v) is 2.34. The van der Waals surface area contributed by atoms with Crippen LogP contribution in [0, 0.1) is 0 Å². The van der Waals surface area contributed by atoms with Crippen molar-refractivity contribution in [2.45, 2.75) is 18.9 Å². The van der Waals surface area contributed by atoms with E-state index in [0.29, 0.717) is 11.2 Å².